The van der Waals surface area contributed by atoms with Crippen LogP contribution in [-0.2, 0) is 11.2 Å². The van der Waals surface area contributed by atoms with Gasteiger partial charge in [0.2, 0.25) is 6.29 Å². The number of hydrogen-bond acceptors (Lipinski definition) is 5. The van der Waals surface area contributed by atoms with Gasteiger partial charge in [-0.25, -0.2) is 4.39 Å². The molecule has 140 valence electrons. The fraction of sp³-hybridized carbons (Fsp3) is 0.400. The van der Waals surface area contributed by atoms with E-state index < -0.39 is 24.6 Å². The minimum absolute atomic E-state index is 0.131. The van der Waals surface area contributed by atoms with E-state index in [4.69, 9.17) is 9.47 Å². The van der Waals surface area contributed by atoms with Gasteiger partial charge in [-0.2, -0.15) is 0 Å². The summed E-state index contributed by atoms with van der Waals surface area (Å²) in [7, 11) is 0. The molecule has 26 heavy (non-hydrogen) atoms. The van der Waals surface area contributed by atoms with E-state index in [2.05, 4.69) is 6.92 Å². The molecule has 1 fully saturated rings. The normalized spacial score (nSPS) is 25.9. The molecular formula is C20H23FO5. The smallest absolute Gasteiger partial charge is 0.228 e. The Morgan fingerprint density at radius 1 is 1.12 bits per heavy atom. The Labute approximate surface area is 151 Å². The molecule has 5 nitrogen and oxygen atoms in total. The van der Waals surface area contributed by atoms with Gasteiger partial charge >= 0.3 is 0 Å². The second kappa shape index (κ2) is 8.14. The maximum Gasteiger partial charge on any atom is 0.228 e. The van der Waals surface area contributed by atoms with Gasteiger partial charge in [0, 0.05) is 0 Å². The second-order valence-electron chi connectivity index (χ2n) is 6.45. The van der Waals surface area contributed by atoms with Crippen molar-refractivity contribution < 1.29 is 29.2 Å². The summed E-state index contributed by atoms with van der Waals surface area (Å²) in [6.07, 6.45) is -3.18. The molecule has 1 aliphatic rings. The minimum atomic E-state index is -1.37. The summed E-state index contributed by atoms with van der Waals surface area (Å²) in [6.45, 7) is 1.94. The molecule has 2 aromatic carbocycles. The maximum absolute atomic E-state index is 13.6. The van der Waals surface area contributed by atoms with E-state index in [1.165, 1.54) is 12.1 Å². The highest BCUT2D eigenvalue weighted by Gasteiger charge is 2.39. The van der Waals surface area contributed by atoms with Gasteiger partial charge in [-0.05, 0) is 47.4 Å². The van der Waals surface area contributed by atoms with E-state index in [0.29, 0.717) is 5.75 Å². The fourth-order valence-electron chi connectivity index (χ4n) is 3.06. The molecule has 0 spiro atoms. The lowest BCUT2D eigenvalue weighted by molar-refractivity contribution is -0.242. The molecule has 0 aromatic heterocycles. The molecule has 1 aliphatic heterocycles. The quantitative estimate of drug-likeness (QED) is 0.760. The second-order valence-corrected chi connectivity index (χ2v) is 6.45. The predicted octanol–water partition coefficient (Wildman–Crippen LogP) is 2.26. The van der Waals surface area contributed by atoms with Crippen molar-refractivity contribution in [1.82, 2.24) is 0 Å². The largest absolute Gasteiger partial charge is 0.462 e. The van der Waals surface area contributed by atoms with Gasteiger partial charge < -0.3 is 24.8 Å². The van der Waals surface area contributed by atoms with E-state index in [1.54, 1.807) is 18.2 Å². The van der Waals surface area contributed by atoms with Crippen LogP contribution in [0.5, 0.6) is 5.75 Å². The van der Waals surface area contributed by atoms with Crippen molar-refractivity contribution in [3.05, 3.63) is 53.8 Å². The van der Waals surface area contributed by atoms with Gasteiger partial charge in [-0.1, -0.05) is 31.5 Å². The number of aryl methyl sites for hydroxylation is 1. The molecule has 3 N–H and O–H groups in total. The van der Waals surface area contributed by atoms with Crippen LogP contribution in [0.4, 0.5) is 4.39 Å². The number of rotatable bonds is 5. The average molecular weight is 362 g/mol. The summed E-state index contributed by atoms with van der Waals surface area (Å²) in [5, 5.41) is 29.3. The zero-order valence-corrected chi connectivity index (χ0v) is 14.5. The first-order valence-electron chi connectivity index (χ1n) is 8.71. The van der Waals surface area contributed by atoms with Crippen molar-refractivity contribution in [2.75, 3.05) is 6.61 Å². The zero-order chi connectivity index (χ0) is 18.7. The highest BCUT2D eigenvalue weighted by Crippen LogP contribution is 2.31. The van der Waals surface area contributed by atoms with Gasteiger partial charge in [0.1, 0.15) is 29.9 Å². The molecule has 1 heterocycles. The third kappa shape index (κ3) is 4.04. The molecule has 1 saturated heterocycles. The summed E-state index contributed by atoms with van der Waals surface area (Å²) >= 11 is 0. The molecule has 0 bridgehead atoms. The van der Waals surface area contributed by atoms with Crippen LogP contribution in [0.2, 0.25) is 0 Å². The Bertz CT molecular complexity index is 751. The summed E-state index contributed by atoms with van der Waals surface area (Å²) < 4.78 is 24.6. The van der Waals surface area contributed by atoms with Gasteiger partial charge in [0.15, 0.2) is 0 Å². The highest BCUT2D eigenvalue weighted by molar-refractivity contribution is 5.69. The van der Waals surface area contributed by atoms with E-state index in [0.717, 1.165) is 29.5 Å². The van der Waals surface area contributed by atoms with Crippen molar-refractivity contribution >= 4 is 0 Å². The Kier molecular flexibility index (Phi) is 5.88. The van der Waals surface area contributed by atoms with Crippen LogP contribution in [0.3, 0.4) is 0 Å². The first-order chi connectivity index (χ1) is 12.5. The van der Waals surface area contributed by atoms with Gasteiger partial charge in [-0.15, -0.1) is 0 Å². The standard InChI is InChI=1S/C20H23FO5/c1-2-4-12-7-8-15(10-16(12)13-5-3-6-14(21)9-13)26-20-19(24)18(23)17(22)11-25-20/h3,5-10,17-20,22-24H,2,4,11H2,1H3/t17-,18-,19+,20+/m0/s1. The third-order valence-electron chi connectivity index (χ3n) is 4.44. The topological polar surface area (TPSA) is 79.2 Å². The van der Waals surface area contributed by atoms with E-state index in [1.807, 2.05) is 12.1 Å². The zero-order valence-electron chi connectivity index (χ0n) is 14.5. The van der Waals surface area contributed by atoms with Crippen molar-refractivity contribution in [3.63, 3.8) is 0 Å². The van der Waals surface area contributed by atoms with E-state index in [9.17, 15) is 19.7 Å². The third-order valence-corrected chi connectivity index (χ3v) is 4.44. The lowest BCUT2D eigenvalue weighted by Crippen LogP contribution is -2.54. The summed E-state index contributed by atoms with van der Waals surface area (Å²) in [5.74, 6) is 0.108. The van der Waals surface area contributed by atoms with Crippen LogP contribution in [0, 0.1) is 5.82 Å². The molecule has 0 aliphatic carbocycles. The first-order valence-corrected chi connectivity index (χ1v) is 8.71. The van der Waals surface area contributed by atoms with E-state index in [-0.39, 0.29) is 12.4 Å². The summed E-state index contributed by atoms with van der Waals surface area (Å²) in [6, 6.07) is 11.8. The molecule has 0 unspecified atom stereocenters. The van der Waals surface area contributed by atoms with Crippen LogP contribution >= 0.6 is 0 Å². The van der Waals surface area contributed by atoms with Crippen LogP contribution in [0.25, 0.3) is 11.1 Å². The fourth-order valence-corrected chi connectivity index (χ4v) is 3.06. The van der Waals surface area contributed by atoms with Crippen molar-refractivity contribution in [2.45, 2.75) is 44.4 Å². The highest BCUT2D eigenvalue weighted by atomic mass is 19.1. The Balaban J connectivity index is 1.88. The van der Waals surface area contributed by atoms with Crippen LogP contribution in [0.15, 0.2) is 42.5 Å². The van der Waals surface area contributed by atoms with Crippen molar-refractivity contribution in [1.29, 1.82) is 0 Å². The van der Waals surface area contributed by atoms with Crippen LogP contribution in [0.1, 0.15) is 18.9 Å². The van der Waals surface area contributed by atoms with Crippen molar-refractivity contribution in [2.24, 2.45) is 0 Å². The Morgan fingerprint density at radius 2 is 1.92 bits per heavy atom. The van der Waals surface area contributed by atoms with E-state index >= 15 is 0 Å². The molecular weight excluding hydrogens is 339 g/mol. The number of aliphatic hydroxyl groups is 3. The lowest BCUT2D eigenvalue weighted by atomic mass is 9.96. The molecule has 0 saturated carbocycles. The molecule has 4 atom stereocenters. The predicted molar refractivity (Wildman–Crippen MR) is 94.2 cm³/mol. The first kappa shape index (κ1) is 18.8. The molecule has 0 radical (unpaired) electrons. The van der Waals surface area contributed by atoms with Gasteiger partial charge in [0.25, 0.3) is 0 Å². The van der Waals surface area contributed by atoms with Crippen LogP contribution in [-0.4, -0.2) is 46.5 Å². The Hall–Kier alpha value is -1.99. The summed E-state index contributed by atoms with van der Waals surface area (Å²) in [4.78, 5) is 0. The number of halogens is 1. The molecule has 2 aromatic rings. The maximum atomic E-state index is 13.6. The SMILES string of the molecule is CCCc1ccc(O[C@H]2OC[C@H](O)[C@H](O)[C@H]2O)cc1-c1cccc(F)c1. The molecule has 0 amide bonds. The number of hydrogen-bond donors (Lipinski definition) is 3. The molecule has 3 rings (SSSR count). The minimum Gasteiger partial charge on any atom is -0.462 e. The van der Waals surface area contributed by atoms with Crippen LogP contribution < -0.4 is 4.74 Å². The number of aliphatic hydroxyl groups excluding tert-OH is 3. The van der Waals surface area contributed by atoms with Gasteiger partial charge in [-0.3, -0.25) is 0 Å². The van der Waals surface area contributed by atoms with Crippen molar-refractivity contribution in [3.8, 4) is 16.9 Å². The average Bonchev–Trinajstić information content (AvgIpc) is 2.63. The number of benzene rings is 2. The summed E-state index contributed by atoms with van der Waals surface area (Å²) in [5.41, 5.74) is 2.64. The van der Waals surface area contributed by atoms with Gasteiger partial charge in [0.05, 0.1) is 6.61 Å². The Morgan fingerprint density at radius 3 is 2.65 bits per heavy atom. The molecule has 6 heteroatoms. The monoisotopic (exact) mass is 362 g/mol. The number of ether oxygens (including phenoxy) is 2. The lowest BCUT2D eigenvalue weighted by Gasteiger charge is -2.35.